The number of aromatic nitrogens is 3. The number of rotatable bonds is 5. The van der Waals surface area contributed by atoms with E-state index in [2.05, 4.69) is 27.2 Å². The van der Waals surface area contributed by atoms with E-state index in [0.29, 0.717) is 43.5 Å². The van der Waals surface area contributed by atoms with E-state index in [9.17, 15) is 4.79 Å². The molecule has 0 bridgehead atoms. The second-order valence-electron chi connectivity index (χ2n) is 7.69. The number of hydrogen-bond donors (Lipinski definition) is 1. The van der Waals surface area contributed by atoms with Crippen LogP contribution in [0.4, 0.5) is 10.8 Å². The molecule has 4 heterocycles. The van der Waals surface area contributed by atoms with Gasteiger partial charge in [-0.25, -0.2) is 9.97 Å². The highest BCUT2D eigenvalue weighted by Crippen LogP contribution is 2.29. The number of ether oxygens (including phenoxy) is 1. The molecule has 1 N–H and O–H groups in total. The highest BCUT2D eigenvalue weighted by molar-refractivity contribution is 7.15. The molecular weight excluding hydrogens is 414 g/mol. The van der Waals surface area contributed by atoms with Crippen molar-refractivity contribution in [2.75, 3.05) is 25.0 Å². The summed E-state index contributed by atoms with van der Waals surface area (Å²) in [5.74, 6) is 0.735. The monoisotopic (exact) mass is 441 g/mol. The number of nitrogens with one attached hydrogen (secondary N) is 1. The molecule has 0 radical (unpaired) electrons. The van der Waals surface area contributed by atoms with Gasteiger partial charge in [0.2, 0.25) is 5.76 Å². The van der Waals surface area contributed by atoms with Gasteiger partial charge in [0.05, 0.1) is 30.2 Å². The van der Waals surface area contributed by atoms with Gasteiger partial charge in [-0.1, -0.05) is 6.92 Å². The van der Waals surface area contributed by atoms with Crippen molar-refractivity contribution < 1.29 is 13.9 Å². The number of aryl methyl sites for hydroxylation is 5. The lowest BCUT2D eigenvalue weighted by molar-refractivity contribution is -0.0257. The summed E-state index contributed by atoms with van der Waals surface area (Å²) in [6.07, 6.45) is 0.341. The number of amides is 1. The van der Waals surface area contributed by atoms with Crippen LogP contribution in [0, 0.1) is 27.7 Å². The Kier molecular flexibility index (Phi) is 6.06. The molecular formula is C22H27N5O3S. The van der Waals surface area contributed by atoms with Crippen molar-refractivity contribution in [2.45, 2.75) is 47.1 Å². The van der Waals surface area contributed by atoms with Crippen molar-refractivity contribution in [3.63, 3.8) is 0 Å². The molecule has 1 amide bonds. The fourth-order valence-corrected chi connectivity index (χ4v) is 4.37. The third-order valence-electron chi connectivity index (χ3n) is 5.27. The highest BCUT2D eigenvalue weighted by atomic mass is 32.1. The molecule has 164 valence electrons. The van der Waals surface area contributed by atoms with Gasteiger partial charge >= 0.3 is 0 Å². The maximum Gasteiger partial charge on any atom is 0.291 e. The summed E-state index contributed by atoms with van der Waals surface area (Å²) in [6.45, 7) is 11.1. The maximum atomic E-state index is 13.0. The van der Waals surface area contributed by atoms with Gasteiger partial charge in [0.1, 0.15) is 6.10 Å². The zero-order valence-electron chi connectivity index (χ0n) is 18.5. The van der Waals surface area contributed by atoms with E-state index in [1.54, 1.807) is 23.2 Å². The van der Waals surface area contributed by atoms with Gasteiger partial charge in [-0.2, -0.15) is 0 Å². The third-order valence-corrected chi connectivity index (χ3v) is 6.26. The number of pyridine rings is 1. The summed E-state index contributed by atoms with van der Waals surface area (Å²) in [5.41, 5.74) is 4.21. The van der Waals surface area contributed by atoms with Crippen molar-refractivity contribution in [1.82, 2.24) is 19.9 Å². The first kappa shape index (κ1) is 21.5. The highest BCUT2D eigenvalue weighted by Gasteiger charge is 2.30. The van der Waals surface area contributed by atoms with Crippen LogP contribution in [0.15, 0.2) is 16.5 Å². The molecule has 1 aliphatic heterocycles. The number of hydrogen-bond acceptors (Lipinski definition) is 8. The number of oxazole rings is 1. The van der Waals surface area contributed by atoms with Crippen LogP contribution in [0.5, 0.6) is 0 Å². The predicted molar refractivity (Wildman–Crippen MR) is 119 cm³/mol. The van der Waals surface area contributed by atoms with E-state index >= 15 is 0 Å². The summed E-state index contributed by atoms with van der Waals surface area (Å²) < 4.78 is 11.6. The lowest BCUT2D eigenvalue weighted by Crippen LogP contribution is -2.42. The Balaban J connectivity index is 1.53. The predicted octanol–water partition coefficient (Wildman–Crippen LogP) is 4.28. The topological polar surface area (TPSA) is 93.4 Å². The Morgan fingerprint density at radius 3 is 2.68 bits per heavy atom. The zero-order valence-corrected chi connectivity index (χ0v) is 19.3. The van der Waals surface area contributed by atoms with E-state index in [-0.39, 0.29) is 12.0 Å². The molecule has 9 heteroatoms. The number of carbonyl (C=O) groups excluding carboxylic acids is 1. The van der Waals surface area contributed by atoms with Gasteiger partial charge in [-0.15, -0.1) is 11.3 Å². The van der Waals surface area contributed by atoms with Crippen LogP contribution in [0.25, 0.3) is 0 Å². The van der Waals surface area contributed by atoms with Gasteiger partial charge in [-0.05, 0) is 39.8 Å². The standard InChI is InChI=1S/C22H27N5O3S/c1-6-19-24-14(4)20(30-19)21(28)27-7-8-29-18(11-27)17-10-16(9-12(2)23-17)26-22-25-13(3)15(5)31-22/h9-10,18H,6-8,11H2,1-5H3,(H,23,25,26). The average Bonchev–Trinajstić information content (AvgIpc) is 3.28. The zero-order chi connectivity index (χ0) is 22.1. The molecule has 31 heavy (non-hydrogen) atoms. The fraction of sp³-hybridized carbons (Fsp3) is 0.455. The van der Waals surface area contributed by atoms with Crippen LogP contribution >= 0.6 is 11.3 Å². The molecule has 1 atom stereocenters. The Morgan fingerprint density at radius 1 is 1.19 bits per heavy atom. The van der Waals surface area contributed by atoms with Crippen LogP contribution in [0.1, 0.15) is 57.1 Å². The largest absolute Gasteiger partial charge is 0.435 e. The number of nitrogens with zero attached hydrogens (tertiary/aromatic N) is 4. The SMILES string of the molecule is CCc1nc(C)c(C(=O)N2CCOC(c3cc(Nc4nc(C)c(C)s4)cc(C)n3)C2)o1. The van der Waals surface area contributed by atoms with E-state index < -0.39 is 0 Å². The minimum Gasteiger partial charge on any atom is -0.435 e. The van der Waals surface area contributed by atoms with Crippen LogP contribution in [-0.2, 0) is 11.2 Å². The molecule has 1 saturated heterocycles. The second-order valence-corrected chi connectivity index (χ2v) is 8.90. The Labute approximate surface area is 185 Å². The van der Waals surface area contributed by atoms with Crippen LogP contribution in [0.3, 0.4) is 0 Å². The Bertz CT molecular complexity index is 1090. The molecule has 0 aliphatic carbocycles. The summed E-state index contributed by atoms with van der Waals surface area (Å²) in [7, 11) is 0. The van der Waals surface area contributed by atoms with E-state index in [0.717, 1.165) is 27.9 Å². The van der Waals surface area contributed by atoms with Crippen LogP contribution in [0.2, 0.25) is 0 Å². The molecule has 0 spiro atoms. The smallest absolute Gasteiger partial charge is 0.291 e. The molecule has 3 aromatic rings. The van der Waals surface area contributed by atoms with Crippen molar-refractivity contribution in [3.8, 4) is 0 Å². The van der Waals surface area contributed by atoms with E-state index in [1.807, 2.05) is 32.9 Å². The Hall–Kier alpha value is -2.78. The van der Waals surface area contributed by atoms with Crippen LogP contribution < -0.4 is 5.32 Å². The van der Waals surface area contributed by atoms with E-state index in [1.165, 1.54) is 4.88 Å². The summed E-state index contributed by atoms with van der Waals surface area (Å²) in [6, 6.07) is 3.94. The number of morpholine rings is 1. The normalized spacial score (nSPS) is 16.5. The summed E-state index contributed by atoms with van der Waals surface area (Å²) in [5, 5.41) is 4.22. The Morgan fingerprint density at radius 2 is 2.00 bits per heavy atom. The third kappa shape index (κ3) is 4.62. The van der Waals surface area contributed by atoms with Gasteiger partial charge < -0.3 is 19.4 Å². The molecule has 0 saturated carbocycles. The van der Waals surface area contributed by atoms with Crippen molar-refractivity contribution >= 4 is 28.1 Å². The number of carbonyl (C=O) groups is 1. The van der Waals surface area contributed by atoms with Crippen LogP contribution in [-0.4, -0.2) is 45.5 Å². The van der Waals surface area contributed by atoms with Crippen molar-refractivity contribution in [2.24, 2.45) is 0 Å². The second kappa shape index (κ2) is 8.76. The lowest BCUT2D eigenvalue weighted by atomic mass is 10.1. The van der Waals surface area contributed by atoms with E-state index in [4.69, 9.17) is 9.15 Å². The molecule has 0 aromatic carbocycles. The summed E-state index contributed by atoms with van der Waals surface area (Å²) >= 11 is 1.62. The number of anilines is 2. The fourth-order valence-electron chi connectivity index (χ4n) is 3.54. The first-order valence-corrected chi connectivity index (χ1v) is 11.2. The maximum absolute atomic E-state index is 13.0. The van der Waals surface area contributed by atoms with Crippen molar-refractivity contribution in [3.05, 3.63) is 51.4 Å². The molecule has 8 nitrogen and oxygen atoms in total. The molecule has 1 aliphatic rings. The lowest BCUT2D eigenvalue weighted by Gasteiger charge is -2.32. The summed E-state index contributed by atoms with van der Waals surface area (Å²) in [4.78, 5) is 29.5. The minimum atomic E-state index is -0.313. The molecule has 3 aromatic heterocycles. The van der Waals surface area contributed by atoms with Gasteiger partial charge in [-0.3, -0.25) is 9.78 Å². The first-order valence-electron chi connectivity index (χ1n) is 10.4. The van der Waals surface area contributed by atoms with Gasteiger partial charge in [0, 0.05) is 29.2 Å². The first-order chi connectivity index (χ1) is 14.8. The quantitative estimate of drug-likeness (QED) is 0.632. The van der Waals surface area contributed by atoms with Gasteiger partial charge in [0.15, 0.2) is 11.0 Å². The molecule has 1 unspecified atom stereocenters. The molecule has 4 rings (SSSR count). The number of thiazole rings is 1. The van der Waals surface area contributed by atoms with Crippen molar-refractivity contribution in [1.29, 1.82) is 0 Å². The van der Waals surface area contributed by atoms with Gasteiger partial charge in [0.25, 0.3) is 5.91 Å². The molecule has 1 fully saturated rings. The average molecular weight is 442 g/mol. The minimum absolute atomic E-state index is 0.155.